The highest BCUT2D eigenvalue weighted by Gasteiger charge is 2.25. The lowest BCUT2D eigenvalue weighted by molar-refractivity contribution is 0.257. The molecule has 5 nitrogen and oxygen atoms in total. The third-order valence-electron chi connectivity index (χ3n) is 2.09. The fraction of sp³-hybridized carbons (Fsp3) is 0.625. The molecular weight excluding hydrogens is 204 g/mol. The van der Waals surface area contributed by atoms with Crippen molar-refractivity contribution in [2.24, 2.45) is 0 Å². The van der Waals surface area contributed by atoms with Crippen LogP contribution in [0.15, 0.2) is 12.7 Å². The van der Waals surface area contributed by atoms with Crippen molar-refractivity contribution in [2.75, 3.05) is 31.9 Å². The molecule has 1 saturated heterocycles. The minimum absolute atomic E-state index is 0.0438. The molecule has 0 atom stereocenters. The standard InChI is InChI=1S/C8H13N2O3S/c1-2-7-14(12,13)10-5-3-9(8-11)4-6-10/h2H,1,3-7H2. The van der Waals surface area contributed by atoms with Gasteiger partial charge in [0.1, 0.15) is 0 Å². The van der Waals surface area contributed by atoms with Crippen molar-refractivity contribution in [2.45, 2.75) is 0 Å². The van der Waals surface area contributed by atoms with Crippen LogP contribution in [0, 0.1) is 0 Å². The highest BCUT2D eigenvalue weighted by atomic mass is 32.2. The predicted octanol–water partition coefficient (Wildman–Crippen LogP) is -0.813. The Morgan fingerprint density at radius 1 is 1.29 bits per heavy atom. The van der Waals surface area contributed by atoms with Gasteiger partial charge in [-0.15, -0.1) is 6.58 Å². The number of amides is 1. The lowest BCUT2D eigenvalue weighted by Gasteiger charge is -2.30. The lowest BCUT2D eigenvalue weighted by Crippen LogP contribution is -2.48. The zero-order chi connectivity index (χ0) is 10.6. The third kappa shape index (κ3) is 2.55. The van der Waals surface area contributed by atoms with Crippen molar-refractivity contribution in [3.05, 3.63) is 12.7 Å². The number of sulfonamides is 1. The van der Waals surface area contributed by atoms with Gasteiger partial charge in [0.05, 0.1) is 5.75 Å². The maximum atomic E-state index is 11.5. The molecule has 0 aliphatic carbocycles. The second-order valence-corrected chi connectivity index (χ2v) is 5.06. The Morgan fingerprint density at radius 3 is 2.29 bits per heavy atom. The van der Waals surface area contributed by atoms with Crippen LogP contribution in [0.3, 0.4) is 0 Å². The average molecular weight is 217 g/mol. The van der Waals surface area contributed by atoms with Gasteiger partial charge in [0.2, 0.25) is 10.0 Å². The van der Waals surface area contributed by atoms with E-state index >= 15 is 0 Å². The molecule has 0 N–H and O–H groups in total. The number of hydrogen-bond acceptors (Lipinski definition) is 3. The largest absolute Gasteiger partial charge is 0.332 e. The molecule has 1 heterocycles. The maximum Gasteiger partial charge on any atom is 0.312 e. The summed E-state index contributed by atoms with van der Waals surface area (Å²) in [6.45, 7) is 4.93. The van der Waals surface area contributed by atoms with Crippen LogP contribution in [0.2, 0.25) is 0 Å². The number of piperazine rings is 1. The van der Waals surface area contributed by atoms with Crippen LogP contribution >= 0.6 is 0 Å². The van der Waals surface area contributed by atoms with Gasteiger partial charge in [0, 0.05) is 26.2 Å². The van der Waals surface area contributed by atoms with Crippen molar-refractivity contribution in [1.82, 2.24) is 9.21 Å². The summed E-state index contributed by atoms with van der Waals surface area (Å²) < 4.78 is 24.4. The van der Waals surface area contributed by atoms with Crippen molar-refractivity contribution in [3.8, 4) is 0 Å². The number of carbonyl (C=O) groups excluding carboxylic acids is 1. The number of rotatable bonds is 4. The smallest absolute Gasteiger partial charge is 0.312 e. The summed E-state index contributed by atoms with van der Waals surface area (Å²) in [5, 5.41) is 0. The molecule has 79 valence electrons. The van der Waals surface area contributed by atoms with E-state index in [1.807, 2.05) is 0 Å². The molecule has 0 bridgehead atoms. The monoisotopic (exact) mass is 217 g/mol. The number of hydrogen-bond donors (Lipinski definition) is 0. The Kier molecular flexibility index (Phi) is 3.65. The highest BCUT2D eigenvalue weighted by molar-refractivity contribution is 7.89. The first-order valence-corrected chi connectivity index (χ1v) is 5.92. The average Bonchev–Trinajstić information content (AvgIpc) is 2.18. The molecule has 0 saturated carbocycles. The second-order valence-electron chi connectivity index (χ2n) is 3.04. The van der Waals surface area contributed by atoms with Crippen LogP contribution in [0.1, 0.15) is 0 Å². The van der Waals surface area contributed by atoms with E-state index in [0.717, 1.165) is 0 Å². The highest BCUT2D eigenvalue weighted by Crippen LogP contribution is 2.06. The summed E-state index contributed by atoms with van der Waals surface area (Å²) in [6, 6.07) is 0. The minimum atomic E-state index is -3.21. The van der Waals surface area contributed by atoms with Crippen molar-refractivity contribution < 1.29 is 13.2 Å². The SMILES string of the molecule is C=CCS(=O)(=O)N1CCN([C]=O)CC1. The lowest BCUT2D eigenvalue weighted by atomic mass is 10.4. The van der Waals surface area contributed by atoms with Crippen LogP contribution in [-0.2, 0) is 14.8 Å². The molecule has 14 heavy (non-hydrogen) atoms. The van der Waals surface area contributed by atoms with E-state index in [1.54, 1.807) is 6.41 Å². The summed E-state index contributed by atoms with van der Waals surface area (Å²) in [6.07, 6.45) is 3.12. The fourth-order valence-electron chi connectivity index (χ4n) is 1.31. The van der Waals surface area contributed by atoms with Gasteiger partial charge in [-0.25, -0.2) is 8.42 Å². The summed E-state index contributed by atoms with van der Waals surface area (Å²) in [5.74, 6) is -0.0438. The Hall–Kier alpha value is -0.880. The molecule has 1 radical (unpaired) electrons. The van der Waals surface area contributed by atoms with E-state index < -0.39 is 10.0 Å². The molecule has 1 aliphatic heterocycles. The summed E-state index contributed by atoms with van der Waals surface area (Å²) in [7, 11) is -3.21. The van der Waals surface area contributed by atoms with E-state index in [1.165, 1.54) is 15.3 Å². The quantitative estimate of drug-likeness (QED) is 0.578. The topological polar surface area (TPSA) is 57.7 Å². The molecule has 0 aromatic heterocycles. The molecule has 1 rings (SSSR count). The first-order valence-electron chi connectivity index (χ1n) is 4.31. The first kappa shape index (κ1) is 11.2. The van der Waals surface area contributed by atoms with Gasteiger partial charge in [-0.05, 0) is 0 Å². The van der Waals surface area contributed by atoms with Crippen molar-refractivity contribution in [3.63, 3.8) is 0 Å². The van der Waals surface area contributed by atoms with Gasteiger partial charge in [-0.2, -0.15) is 4.31 Å². The molecule has 0 aromatic rings. The van der Waals surface area contributed by atoms with E-state index in [2.05, 4.69) is 6.58 Å². The normalized spacial score (nSPS) is 19.3. The molecule has 0 spiro atoms. The molecule has 6 heteroatoms. The summed E-state index contributed by atoms with van der Waals surface area (Å²) in [5.41, 5.74) is 0. The molecule has 1 amide bonds. The number of nitrogens with zero attached hydrogens (tertiary/aromatic N) is 2. The zero-order valence-corrected chi connectivity index (χ0v) is 8.66. The molecule has 1 aliphatic rings. The van der Waals surface area contributed by atoms with Gasteiger partial charge in [0.15, 0.2) is 0 Å². The zero-order valence-electron chi connectivity index (χ0n) is 7.85. The second kappa shape index (κ2) is 4.56. The molecule has 0 aromatic carbocycles. The maximum absolute atomic E-state index is 11.5. The minimum Gasteiger partial charge on any atom is -0.332 e. The van der Waals surface area contributed by atoms with Gasteiger partial charge in [0.25, 0.3) is 0 Å². The first-order chi connectivity index (χ1) is 6.60. The summed E-state index contributed by atoms with van der Waals surface area (Å²) in [4.78, 5) is 11.7. The van der Waals surface area contributed by atoms with Crippen molar-refractivity contribution in [1.29, 1.82) is 0 Å². The fourth-order valence-corrected chi connectivity index (χ4v) is 2.54. The van der Waals surface area contributed by atoms with Crippen LogP contribution in [0.4, 0.5) is 0 Å². The van der Waals surface area contributed by atoms with E-state index in [9.17, 15) is 13.2 Å². The Labute approximate surface area is 84.0 Å². The van der Waals surface area contributed by atoms with E-state index in [-0.39, 0.29) is 5.75 Å². The Bertz CT molecular complexity index is 305. The van der Waals surface area contributed by atoms with Gasteiger partial charge < -0.3 is 4.90 Å². The Morgan fingerprint density at radius 2 is 1.86 bits per heavy atom. The molecule has 1 fully saturated rings. The van der Waals surface area contributed by atoms with Crippen molar-refractivity contribution >= 4 is 16.4 Å². The third-order valence-corrected chi connectivity index (χ3v) is 3.90. The van der Waals surface area contributed by atoms with Crippen LogP contribution < -0.4 is 0 Å². The Balaban J connectivity index is 2.57. The van der Waals surface area contributed by atoms with E-state index in [0.29, 0.717) is 26.2 Å². The van der Waals surface area contributed by atoms with E-state index in [4.69, 9.17) is 0 Å². The van der Waals surface area contributed by atoms with Crippen LogP contribution in [-0.4, -0.2) is 56.0 Å². The predicted molar refractivity (Wildman–Crippen MR) is 52.8 cm³/mol. The van der Waals surface area contributed by atoms with Gasteiger partial charge >= 0.3 is 6.41 Å². The molecule has 0 unspecified atom stereocenters. The van der Waals surface area contributed by atoms with Gasteiger partial charge in [-0.3, -0.25) is 4.79 Å². The van der Waals surface area contributed by atoms with Gasteiger partial charge in [-0.1, -0.05) is 6.08 Å². The van der Waals surface area contributed by atoms with Crippen LogP contribution in [0.25, 0.3) is 0 Å². The summed E-state index contributed by atoms with van der Waals surface area (Å²) >= 11 is 0. The molecular formula is C8H13N2O3S. The van der Waals surface area contributed by atoms with Crippen LogP contribution in [0.5, 0.6) is 0 Å².